The summed E-state index contributed by atoms with van der Waals surface area (Å²) in [5.74, 6) is -0.0342. The van der Waals surface area contributed by atoms with Crippen molar-refractivity contribution >= 4 is 33.1 Å². The number of phenolic OH excluding ortho intramolecular Hbond substituents is 2. The van der Waals surface area contributed by atoms with Crippen molar-refractivity contribution in [2.45, 2.75) is 27.7 Å². The van der Waals surface area contributed by atoms with E-state index in [1.807, 2.05) is 36.4 Å². The van der Waals surface area contributed by atoms with Crippen LogP contribution >= 0.6 is 0 Å². The number of hydrogen-bond donors (Lipinski definition) is 2. The molecule has 0 heterocycles. The maximum absolute atomic E-state index is 12.2. The zero-order valence-corrected chi connectivity index (χ0v) is 20.0. The van der Waals surface area contributed by atoms with Gasteiger partial charge >= 0.3 is 0 Å². The highest BCUT2D eigenvalue weighted by Gasteiger charge is 2.24. The lowest BCUT2D eigenvalue weighted by Gasteiger charge is -2.19. The quantitative estimate of drug-likeness (QED) is 0.351. The Labute approximate surface area is 197 Å². The number of methoxy groups -OCH3 is 2. The van der Waals surface area contributed by atoms with Gasteiger partial charge in [-0.2, -0.15) is 0 Å². The zero-order valence-electron chi connectivity index (χ0n) is 20.0. The highest BCUT2D eigenvalue weighted by molar-refractivity contribution is 6.11. The minimum atomic E-state index is -0.246. The van der Waals surface area contributed by atoms with Crippen molar-refractivity contribution in [3.05, 3.63) is 58.7 Å². The fraction of sp³-hybridized carbons (Fsp3) is 0.214. The third-order valence-corrected chi connectivity index (χ3v) is 6.26. The van der Waals surface area contributed by atoms with Gasteiger partial charge in [-0.15, -0.1) is 0 Å². The first-order chi connectivity index (χ1) is 16.1. The fourth-order valence-corrected chi connectivity index (χ4v) is 4.90. The van der Waals surface area contributed by atoms with Crippen LogP contribution in [-0.2, 0) is 0 Å². The molecule has 0 radical (unpaired) electrons. The first kappa shape index (κ1) is 23.1. The minimum Gasteiger partial charge on any atom is -0.506 e. The number of carbonyl (C=O) groups is 2. The largest absolute Gasteiger partial charge is 0.506 e. The molecule has 0 spiro atoms. The Bertz CT molecular complexity index is 1400. The van der Waals surface area contributed by atoms with Crippen molar-refractivity contribution in [2.24, 2.45) is 0 Å². The highest BCUT2D eigenvalue weighted by Crippen LogP contribution is 2.49. The van der Waals surface area contributed by atoms with E-state index in [2.05, 4.69) is 0 Å². The van der Waals surface area contributed by atoms with Gasteiger partial charge in [-0.3, -0.25) is 9.59 Å². The van der Waals surface area contributed by atoms with Gasteiger partial charge in [0.15, 0.2) is 11.6 Å². The summed E-state index contributed by atoms with van der Waals surface area (Å²) in [5.41, 5.74) is 3.04. The Morgan fingerprint density at radius 1 is 0.676 bits per heavy atom. The molecule has 0 saturated carbocycles. The molecular formula is C28H26O6. The summed E-state index contributed by atoms with van der Waals surface area (Å²) < 4.78 is 11.5. The standard InChI is InChI=1S/C28H26O6/c1-13-11-17-7-9-19(27(33-5)23(17)25(31)21(13)15(3)29)20-10-8-18-12-14(2)22(16(4)30)26(32)24(18)28(20)34-6/h7-12,31-32H,1-6H3. The van der Waals surface area contributed by atoms with Crippen molar-refractivity contribution < 1.29 is 29.3 Å². The summed E-state index contributed by atoms with van der Waals surface area (Å²) in [6.45, 7) is 6.38. The molecule has 6 heteroatoms. The maximum Gasteiger partial charge on any atom is 0.163 e. The van der Waals surface area contributed by atoms with E-state index >= 15 is 0 Å². The Morgan fingerprint density at radius 2 is 1.03 bits per heavy atom. The zero-order chi connectivity index (χ0) is 24.9. The molecule has 4 aromatic carbocycles. The van der Waals surface area contributed by atoms with Crippen LogP contribution in [0.3, 0.4) is 0 Å². The van der Waals surface area contributed by atoms with Crippen molar-refractivity contribution in [3.63, 3.8) is 0 Å². The van der Waals surface area contributed by atoms with Crippen LogP contribution in [0.4, 0.5) is 0 Å². The molecule has 0 bridgehead atoms. The normalized spacial score (nSPS) is 11.1. The molecule has 0 unspecified atom stereocenters. The topological polar surface area (TPSA) is 93.1 Å². The van der Waals surface area contributed by atoms with Crippen molar-refractivity contribution in [3.8, 4) is 34.1 Å². The second-order valence-electron chi connectivity index (χ2n) is 8.44. The summed E-state index contributed by atoms with van der Waals surface area (Å²) in [5, 5.41) is 24.4. The number of phenols is 2. The van der Waals surface area contributed by atoms with E-state index in [-0.39, 0.29) is 34.2 Å². The average molecular weight is 459 g/mol. The van der Waals surface area contributed by atoms with Gasteiger partial charge in [0, 0.05) is 11.1 Å². The Kier molecular flexibility index (Phi) is 5.69. The number of Topliss-reactive ketones (excluding diaryl/α,β-unsaturated/α-hetero) is 2. The van der Waals surface area contributed by atoms with Crippen LogP contribution in [-0.4, -0.2) is 36.0 Å². The van der Waals surface area contributed by atoms with E-state index in [4.69, 9.17) is 9.47 Å². The number of hydrogen-bond acceptors (Lipinski definition) is 6. The lowest BCUT2D eigenvalue weighted by atomic mass is 9.91. The Balaban J connectivity index is 2.14. The van der Waals surface area contributed by atoms with Crippen LogP contribution in [0.15, 0.2) is 36.4 Å². The Hall–Kier alpha value is -4.06. The number of benzene rings is 4. The molecule has 0 aliphatic rings. The first-order valence-electron chi connectivity index (χ1n) is 10.8. The van der Waals surface area contributed by atoms with Crippen molar-refractivity contribution in [1.29, 1.82) is 0 Å². The molecule has 4 rings (SSSR count). The van der Waals surface area contributed by atoms with Crippen molar-refractivity contribution in [2.75, 3.05) is 14.2 Å². The van der Waals surface area contributed by atoms with Crippen molar-refractivity contribution in [1.82, 2.24) is 0 Å². The predicted molar refractivity (Wildman–Crippen MR) is 133 cm³/mol. The number of ether oxygens (including phenoxy) is 2. The smallest absolute Gasteiger partial charge is 0.163 e. The first-order valence-corrected chi connectivity index (χ1v) is 10.8. The lowest BCUT2D eigenvalue weighted by molar-refractivity contribution is 0.100. The third kappa shape index (κ3) is 3.34. The van der Waals surface area contributed by atoms with Crippen LogP contribution in [0.1, 0.15) is 45.7 Å². The van der Waals surface area contributed by atoms with Gasteiger partial charge in [0.1, 0.15) is 23.0 Å². The van der Waals surface area contributed by atoms with Crippen LogP contribution in [0, 0.1) is 13.8 Å². The second kappa shape index (κ2) is 8.37. The summed E-state index contributed by atoms with van der Waals surface area (Å²) in [6.07, 6.45) is 0. The van der Waals surface area contributed by atoms with Gasteiger partial charge in [0.25, 0.3) is 0 Å². The average Bonchev–Trinajstić information content (AvgIpc) is 2.76. The number of carbonyl (C=O) groups excluding carboxylic acids is 2. The number of aromatic hydroxyl groups is 2. The van der Waals surface area contributed by atoms with Gasteiger partial charge in [-0.05, 0) is 61.7 Å². The fourth-order valence-electron chi connectivity index (χ4n) is 4.90. The monoisotopic (exact) mass is 458 g/mol. The molecule has 0 aliphatic heterocycles. The van der Waals surface area contributed by atoms with E-state index in [1.165, 1.54) is 28.1 Å². The van der Waals surface area contributed by atoms with E-state index in [9.17, 15) is 19.8 Å². The number of fused-ring (bicyclic) bond motifs is 2. The molecule has 0 saturated heterocycles. The van der Waals surface area contributed by atoms with Gasteiger partial charge in [0.05, 0.1) is 36.1 Å². The number of rotatable bonds is 5. The van der Waals surface area contributed by atoms with Gasteiger partial charge in [0.2, 0.25) is 0 Å². The second-order valence-corrected chi connectivity index (χ2v) is 8.44. The van der Waals surface area contributed by atoms with E-state index in [0.717, 1.165) is 10.8 Å². The molecule has 0 aromatic heterocycles. The van der Waals surface area contributed by atoms with E-state index in [1.54, 1.807) is 13.8 Å². The van der Waals surface area contributed by atoms with E-state index in [0.29, 0.717) is 44.5 Å². The van der Waals surface area contributed by atoms with E-state index < -0.39 is 0 Å². The molecule has 4 aromatic rings. The molecule has 6 nitrogen and oxygen atoms in total. The molecule has 2 N–H and O–H groups in total. The molecule has 174 valence electrons. The van der Waals surface area contributed by atoms with Gasteiger partial charge in [-0.25, -0.2) is 0 Å². The minimum absolute atomic E-state index is 0.140. The molecule has 0 atom stereocenters. The predicted octanol–water partition coefficient (Wildman–Crippen LogP) is 6.11. The van der Waals surface area contributed by atoms with Gasteiger partial charge in [-0.1, -0.05) is 24.3 Å². The molecular weight excluding hydrogens is 432 g/mol. The molecule has 0 fully saturated rings. The Morgan fingerprint density at radius 3 is 1.32 bits per heavy atom. The van der Waals surface area contributed by atoms with Gasteiger partial charge < -0.3 is 19.7 Å². The summed E-state index contributed by atoms with van der Waals surface area (Å²) in [6, 6.07) is 11.0. The van der Waals surface area contributed by atoms with Crippen LogP contribution in [0.2, 0.25) is 0 Å². The molecule has 0 amide bonds. The summed E-state index contributed by atoms with van der Waals surface area (Å²) >= 11 is 0. The van der Waals surface area contributed by atoms with Crippen LogP contribution < -0.4 is 9.47 Å². The maximum atomic E-state index is 12.2. The summed E-state index contributed by atoms with van der Waals surface area (Å²) in [7, 11) is 2.99. The van der Waals surface area contributed by atoms with Crippen LogP contribution in [0.5, 0.6) is 23.0 Å². The lowest BCUT2D eigenvalue weighted by Crippen LogP contribution is -2.01. The molecule has 0 aliphatic carbocycles. The van der Waals surface area contributed by atoms with Crippen LogP contribution in [0.25, 0.3) is 32.7 Å². The summed E-state index contributed by atoms with van der Waals surface area (Å²) in [4.78, 5) is 24.4. The number of ketones is 2. The number of aryl methyl sites for hydroxylation is 2. The third-order valence-electron chi connectivity index (χ3n) is 6.26. The molecule has 34 heavy (non-hydrogen) atoms. The highest BCUT2D eigenvalue weighted by atomic mass is 16.5. The SMILES string of the molecule is COc1c(-c2ccc3cc(C)c(C(C)=O)c(O)c3c2OC)ccc2cc(C)c(C(C)=O)c(O)c12.